The second-order valence-electron chi connectivity index (χ2n) is 6.88. The van der Waals surface area contributed by atoms with Crippen molar-refractivity contribution in [2.75, 3.05) is 5.32 Å². The molecule has 3 N–H and O–H groups in total. The SMILES string of the molecule is Cc1nn(C)c(C)c1-c1cc(C(=O)Nc2n[nH]c(CCc3ccccc3)n2)[nH]n1. The van der Waals surface area contributed by atoms with Gasteiger partial charge in [0.15, 0.2) is 0 Å². The number of anilines is 1. The monoisotopic (exact) mass is 390 g/mol. The van der Waals surface area contributed by atoms with E-state index < -0.39 is 0 Å². The van der Waals surface area contributed by atoms with Crippen LogP contribution in [0.25, 0.3) is 11.3 Å². The molecule has 0 aliphatic heterocycles. The van der Waals surface area contributed by atoms with Crippen LogP contribution in [-0.4, -0.2) is 41.1 Å². The molecule has 0 aliphatic rings. The van der Waals surface area contributed by atoms with Gasteiger partial charge in [-0.15, -0.1) is 5.10 Å². The molecule has 0 bridgehead atoms. The summed E-state index contributed by atoms with van der Waals surface area (Å²) in [6.07, 6.45) is 1.55. The van der Waals surface area contributed by atoms with Crippen molar-refractivity contribution >= 4 is 11.9 Å². The lowest BCUT2D eigenvalue weighted by molar-refractivity contribution is 0.102. The Balaban J connectivity index is 1.41. The molecule has 1 aromatic carbocycles. The maximum Gasteiger partial charge on any atom is 0.276 e. The van der Waals surface area contributed by atoms with E-state index >= 15 is 0 Å². The number of hydrogen-bond acceptors (Lipinski definition) is 5. The number of nitrogens with zero attached hydrogens (tertiary/aromatic N) is 5. The third kappa shape index (κ3) is 3.93. The summed E-state index contributed by atoms with van der Waals surface area (Å²) in [5, 5.41) is 21.1. The summed E-state index contributed by atoms with van der Waals surface area (Å²) in [6.45, 7) is 3.88. The lowest BCUT2D eigenvalue weighted by atomic mass is 10.1. The molecule has 148 valence electrons. The van der Waals surface area contributed by atoms with E-state index in [1.807, 2.05) is 39.1 Å². The van der Waals surface area contributed by atoms with Gasteiger partial charge in [-0.25, -0.2) is 0 Å². The summed E-state index contributed by atoms with van der Waals surface area (Å²) in [4.78, 5) is 16.9. The van der Waals surface area contributed by atoms with Crippen LogP contribution < -0.4 is 5.32 Å². The van der Waals surface area contributed by atoms with E-state index in [1.54, 1.807) is 10.7 Å². The number of hydrogen-bond donors (Lipinski definition) is 3. The van der Waals surface area contributed by atoms with Gasteiger partial charge in [0.2, 0.25) is 5.95 Å². The molecule has 0 atom stereocenters. The van der Waals surface area contributed by atoms with Crippen molar-refractivity contribution in [1.29, 1.82) is 0 Å². The number of carbonyl (C=O) groups excluding carboxylic acids is 1. The van der Waals surface area contributed by atoms with Gasteiger partial charge in [0.1, 0.15) is 11.5 Å². The van der Waals surface area contributed by atoms with E-state index in [0.29, 0.717) is 17.8 Å². The third-order valence-corrected chi connectivity index (χ3v) is 4.84. The predicted molar refractivity (Wildman–Crippen MR) is 108 cm³/mol. The molecule has 0 unspecified atom stereocenters. The number of nitrogens with one attached hydrogen (secondary N) is 3. The molecule has 0 saturated carbocycles. The zero-order valence-corrected chi connectivity index (χ0v) is 16.5. The average Bonchev–Trinajstić information content (AvgIpc) is 3.42. The number of aromatic nitrogens is 7. The molecule has 9 nitrogen and oxygen atoms in total. The second kappa shape index (κ2) is 7.70. The van der Waals surface area contributed by atoms with Gasteiger partial charge in [-0.05, 0) is 31.9 Å². The van der Waals surface area contributed by atoms with Crippen LogP contribution in [0.5, 0.6) is 0 Å². The topological polar surface area (TPSA) is 117 Å². The van der Waals surface area contributed by atoms with Crippen LogP contribution in [0, 0.1) is 13.8 Å². The molecule has 0 fully saturated rings. The molecule has 9 heteroatoms. The highest BCUT2D eigenvalue weighted by molar-refractivity contribution is 6.02. The van der Waals surface area contributed by atoms with Gasteiger partial charge in [0.25, 0.3) is 5.91 Å². The summed E-state index contributed by atoms with van der Waals surface area (Å²) in [5.41, 5.74) is 5.00. The Morgan fingerprint density at radius 2 is 1.90 bits per heavy atom. The van der Waals surface area contributed by atoms with Gasteiger partial charge < -0.3 is 0 Å². The molecule has 0 saturated heterocycles. The Bertz CT molecular complexity index is 1140. The Morgan fingerprint density at radius 3 is 2.62 bits per heavy atom. The zero-order chi connectivity index (χ0) is 20.4. The van der Waals surface area contributed by atoms with E-state index in [-0.39, 0.29) is 11.9 Å². The van der Waals surface area contributed by atoms with Crippen LogP contribution in [0.2, 0.25) is 0 Å². The summed E-state index contributed by atoms with van der Waals surface area (Å²) >= 11 is 0. The Kier molecular flexibility index (Phi) is 4.94. The van der Waals surface area contributed by atoms with E-state index in [4.69, 9.17) is 0 Å². The van der Waals surface area contributed by atoms with Gasteiger partial charge in [-0.3, -0.25) is 25.0 Å². The van der Waals surface area contributed by atoms with Crippen molar-refractivity contribution in [3.05, 3.63) is 64.9 Å². The van der Waals surface area contributed by atoms with Gasteiger partial charge in [-0.1, -0.05) is 30.3 Å². The standard InChI is InChI=1S/C20H22N8O/c1-12-18(13(2)28(3)27-12)15-11-16(24-23-15)19(29)22-20-21-17(25-26-20)10-9-14-7-5-4-6-8-14/h4-8,11H,9-10H2,1-3H3,(H,23,24)(H2,21,22,25,26,29). The lowest BCUT2D eigenvalue weighted by Gasteiger charge is -1.98. The third-order valence-electron chi connectivity index (χ3n) is 4.84. The fourth-order valence-corrected chi connectivity index (χ4v) is 3.25. The average molecular weight is 390 g/mol. The van der Waals surface area contributed by atoms with E-state index in [9.17, 15) is 4.79 Å². The van der Waals surface area contributed by atoms with Crippen molar-refractivity contribution in [3.63, 3.8) is 0 Å². The first-order valence-corrected chi connectivity index (χ1v) is 9.34. The first kappa shape index (κ1) is 18.6. The van der Waals surface area contributed by atoms with Gasteiger partial charge in [-0.2, -0.15) is 15.2 Å². The number of benzene rings is 1. The number of amides is 1. The van der Waals surface area contributed by atoms with E-state index in [1.165, 1.54) is 5.56 Å². The number of rotatable bonds is 6. The van der Waals surface area contributed by atoms with Gasteiger partial charge in [0, 0.05) is 24.7 Å². The summed E-state index contributed by atoms with van der Waals surface area (Å²) in [5.74, 6) is 0.607. The van der Waals surface area contributed by atoms with Crippen molar-refractivity contribution in [2.24, 2.45) is 7.05 Å². The highest BCUT2D eigenvalue weighted by Crippen LogP contribution is 2.25. The van der Waals surface area contributed by atoms with Gasteiger partial charge in [0.05, 0.1) is 11.4 Å². The molecule has 0 spiro atoms. The molecular weight excluding hydrogens is 368 g/mol. The predicted octanol–water partition coefficient (Wildman–Crippen LogP) is 2.58. The van der Waals surface area contributed by atoms with Crippen LogP contribution in [0.1, 0.15) is 33.3 Å². The first-order valence-electron chi connectivity index (χ1n) is 9.34. The van der Waals surface area contributed by atoms with Crippen molar-refractivity contribution < 1.29 is 4.79 Å². The zero-order valence-electron chi connectivity index (χ0n) is 16.5. The molecule has 0 aliphatic carbocycles. The molecule has 29 heavy (non-hydrogen) atoms. The smallest absolute Gasteiger partial charge is 0.276 e. The number of aryl methyl sites for hydroxylation is 4. The fraction of sp³-hybridized carbons (Fsp3) is 0.250. The maximum absolute atomic E-state index is 12.5. The van der Waals surface area contributed by atoms with E-state index in [0.717, 1.165) is 29.2 Å². The number of carbonyl (C=O) groups is 1. The molecular formula is C20H22N8O. The molecule has 0 radical (unpaired) electrons. The quantitative estimate of drug-likeness (QED) is 0.468. The summed E-state index contributed by atoms with van der Waals surface area (Å²) in [6, 6.07) is 11.9. The first-order chi connectivity index (χ1) is 14.0. The molecule has 4 rings (SSSR count). The van der Waals surface area contributed by atoms with Crippen LogP contribution in [0.3, 0.4) is 0 Å². The Morgan fingerprint density at radius 1 is 1.10 bits per heavy atom. The maximum atomic E-state index is 12.5. The highest BCUT2D eigenvalue weighted by Gasteiger charge is 2.18. The number of H-pyrrole nitrogens is 2. The van der Waals surface area contributed by atoms with Crippen molar-refractivity contribution in [1.82, 2.24) is 35.2 Å². The van der Waals surface area contributed by atoms with Crippen LogP contribution in [0.15, 0.2) is 36.4 Å². The molecule has 3 heterocycles. The highest BCUT2D eigenvalue weighted by atomic mass is 16.2. The second-order valence-corrected chi connectivity index (χ2v) is 6.88. The lowest BCUT2D eigenvalue weighted by Crippen LogP contribution is -2.13. The largest absolute Gasteiger partial charge is 0.288 e. The molecule has 1 amide bonds. The normalized spacial score (nSPS) is 11.0. The van der Waals surface area contributed by atoms with Crippen LogP contribution in [0.4, 0.5) is 5.95 Å². The molecule has 4 aromatic rings. The number of aromatic amines is 2. The summed E-state index contributed by atoms with van der Waals surface area (Å²) < 4.78 is 1.80. The van der Waals surface area contributed by atoms with Crippen molar-refractivity contribution in [2.45, 2.75) is 26.7 Å². The van der Waals surface area contributed by atoms with Crippen LogP contribution in [-0.2, 0) is 19.9 Å². The van der Waals surface area contributed by atoms with Crippen LogP contribution >= 0.6 is 0 Å². The Labute approximate surface area is 167 Å². The Hall–Kier alpha value is -3.75. The minimum Gasteiger partial charge on any atom is -0.288 e. The summed E-state index contributed by atoms with van der Waals surface area (Å²) in [7, 11) is 1.88. The van der Waals surface area contributed by atoms with Crippen molar-refractivity contribution in [3.8, 4) is 11.3 Å². The fourth-order valence-electron chi connectivity index (χ4n) is 3.25. The van der Waals surface area contributed by atoms with E-state index in [2.05, 4.69) is 47.9 Å². The van der Waals surface area contributed by atoms with Gasteiger partial charge >= 0.3 is 0 Å². The molecule has 3 aromatic heterocycles. The minimum absolute atomic E-state index is 0.239. The minimum atomic E-state index is -0.350.